The van der Waals surface area contributed by atoms with Gasteiger partial charge < -0.3 is 10.2 Å². The maximum absolute atomic E-state index is 11.1. The second-order valence-corrected chi connectivity index (χ2v) is 5.41. The summed E-state index contributed by atoms with van der Waals surface area (Å²) in [6, 6.07) is 1.54. The van der Waals surface area contributed by atoms with Gasteiger partial charge in [-0.2, -0.15) is 0 Å². The molecule has 0 atom stereocenters. The highest BCUT2D eigenvalue weighted by Gasteiger charge is 2.26. The van der Waals surface area contributed by atoms with Crippen molar-refractivity contribution in [3.05, 3.63) is 35.8 Å². The number of nitro benzene ring substituents is 1. The fraction of sp³-hybridized carbons (Fsp3) is 0. The number of aliphatic hydroxyl groups is 2. The summed E-state index contributed by atoms with van der Waals surface area (Å²) in [5.74, 6) is -0.760. The number of nitrogens with zero attached hydrogens (tertiary/aromatic N) is 3. The molecule has 0 fully saturated rings. The van der Waals surface area contributed by atoms with Gasteiger partial charge in [0.1, 0.15) is 15.2 Å². The standard InChI is InChI=1S/C10H3Br2N3O4/c11-2-1-3-5(8(4(2)12)15(18)19)14-7-6(13-3)9(16)10(7)17/h1,16-17H. The van der Waals surface area contributed by atoms with Crippen molar-refractivity contribution in [2.24, 2.45) is 0 Å². The first-order valence-electron chi connectivity index (χ1n) is 4.89. The average Bonchev–Trinajstić information content (AvgIpc) is 2.37. The van der Waals surface area contributed by atoms with Gasteiger partial charge in [-0.25, -0.2) is 9.97 Å². The van der Waals surface area contributed by atoms with Crippen molar-refractivity contribution in [3.63, 3.8) is 0 Å². The minimum Gasteiger partial charge on any atom is -0.503 e. The number of benzene rings is 1. The molecule has 1 aromatic heterocycles. The molecule has 0 aliphatic heterocycles. The van der Waals surface area contributed by atoms with E-state index in [1.807, 2.05) is 0 Å². The molecule has 2 N–H and O–H groups in total. The summed E-state index contributed by atoms with van der Waals surface area (Å²) in [4.78, 5) is 18.6. The van der Waals surface area contributed by atoms with E-state index in [0.717, 1.165) is 0 Å². The molecule has 0 spiro atoms. The van der Waals surface area contributed by atoms with Crippen LogP contribution in [0, 0.1) is 10.1 Å². The third kappa shape index (κ3) is 1.55. The Morgan fingerprint density at radius 1 is 1.16 bits per heavy atom. The Bertz CT molecular complexity index is 894. The highest BCUT2D eigenvalue weighted by atomic mass is 79.9. The summed E-state index contributed by atoms with van der Waals surface area (Å²) in [6.07, 6.45) is 0. The maximum Gasteiger partial charge on any atom is 0.312 e. The molecule has 1 heterocycles. The van der Waals surface area contributed by atoms with Gasteiger partial charge in [0.2, 0.25) is 0 Å². The van der Waals surface area contributed by atoms with E-state index in [1.54, 1.807) is 6.07 Å². The molecule has 1 aliphatic carbocycles. The van der Waals surface area contributed by atoms with Gasteiger partial charge >= 0.3 is 5.69 Å². The molecule has 0 saturated heterocycles. The fourth-order valence-corrected chi connectivity index (χ4v) is 2.63. The molecule has 0 unspecified atom stereocenters. The van der Waals surface area contributed by atoms with Crippen LogP contribution in [0.3, 0.4) is 0 Å². The first-order chi connectivity index (χ1) is 8.91. The number of nitro groups is 1. The van der Waals surface area contributed by atoms with Gasteiger partial charge in [0.05, 0.1) is 10.4 Å². The zero-order valence-electron chi connectivity index (χ0n) is 8.89. The largest absolute Gasteiger partial charge is 0.503 e. The molecule has 2 aromatic rings. The number of fused-ring (bicyclic) bond motifs is 2. The molecule has 0 radical (unpaired) electrons. The third-order valence-corrected chi connectivity index (χ3v) is 4.64. The topological polar surface area (TPSA) is 109 Å². The van der Waals surface area contributed by atoms with Crippen molar-refractivity contribution in [2.75, 3.05) is 0 Å². The first kappa shape index (κ1) is 12.3. The van der Waals surface area contributed by atoms with Gasteiger partial charge in [0.15, 0.2) is 17.0 Å². The molecular formula is C10H3Br2N3O4. The van der Waals surface area contributed by atoms with E-state index in [2.05, 4.69) is 41.8 Å². The lowest BCUT2D eigenvalue weighted by Crippen LogP contribution is -2.43. The van der Waals surface area contributed by atoms with Gasteiger partial charge in [-0.15, -0.1) is 0 Å². The molecule has 96 valence electrons. The van der Waals surface area contributed by atoms with Crippen molar-refractivity contribution in [1.82, 2.24) is 9.97 Å². The molecule has 9 heteroatoms. The molecular weight excluding hydrogens is 386 g/mol. The molecule has 0 amide bonds. The number of halogens is 2. The highest BCUT2D eigenvalue weighted by molar-refractivity contribution is 9.13. The Hall–Kier alpha value is -1.74. The summed E-state index contributed by atoms with van der Waals surface area (Å²) < 4.78 is 0.694. The van der Waals surface area contributed by atoms with Crippen LogP contribution in [0.25, 0.3) is 22.6 Å². The lowest BCUT2D eigenvalue weighted by molar-refractivity contribution is -0.384. The van der Waals surface area contributed by atoms with E-state index < -0.39 is 10.7 Å². The van der Waals surface area contributed by atoms with Gasteiger partial charge in [-0.1, -0.05) is 0 Å². The SMILES string of the molecule is O=[N+]([O-])c1c(Br)c(Br)cc2nc3c(nc12)=C(O)C=3O. The van der Waals surface area contributed by atoms with E-state index in [0.29, 0.717) is 4.47 Å². The van der Waals surface area contributed by atoms with Crippen LogP contribution in [-0.2, 0) is 0 Å². The molecule has 19 heavy (non-hydrogen) atoms. The molecule has 1 aromatic carbocycles. The summed E-state index contributed by atoms with van der Waals surface area (Å²) in [5.41, 5.74) is 0.0383. The van der Waals surface area contributed by atoms with Crippen LogP contribution in [0.4, 0.5) is 5.69 Å². The van der Waals surface area contributed by atoms with Crippen LogP contribution in [0.5, 0.6) is 0 Å². The predicted molar refractivity (Wildman–Crippen MR) is 72.9 cm³/mol. The third-order valence-electron chi connectivity index (χ3n) is 2.68. The Labute approximate surface area is 121 Å². The van der Waals surface area contributed by atoms with E-state index in [-0.39, 0.29) is 37.7 Å². The van der Waals surface area contributed by atoms with Crippen molar-refractivity contribution >= 4 is 60.1 Å². The van der Waals surface area contributed by atoms with E-state index in [4.69, 9.17) is 0 Å². The lowest BCUT2D eigenvalue weighted by atomic mass is 10.2. The molecule has 3 rings (SSSR count). The smallest absolute Gasteiger partial charge is 0.312 e. The minimum atomic E-state index is -0.586. The number of aliphatic hydroxyl groups excluding tert-OH is 2. The first-order valence-corrected chi connectivity index (χ1v) is 6.47. The summed E-state index contributed by atoms with van der Waals surface area (Å²) in [5, 5.41) is 30.1. The number of hydrogen-bond acceptors (Lipinski definition) is 6. The molecule has 7 nitrogen and oxygen atoms in total. The number of rotatable bonds is 1. The van der Waals surface area contributed by atoms with Crippen LogP contribution in [0.15, 0.2) is 15.0 Å². The highest BCUT2D eigenvalue weighted by Crippen LogP contribution is 2.37. The summed E-state index contributed by atoms with van der Waals surface area (Å²) >= 11 is 6.29. The normalized spacial score (nSPS) is 13.4. The second-order valence-electron chi connectivity index (χ2n) is 3.76. The van der Waals surface area contributed by atoms with Crippen molar-refractivity contribution in [1.29, 1.82) is 0 Å². The van der Waals surface area contributed by atoms with E-state index >= 15 is 0 Å². The minimum absolute atomic E-state index is 0.0397. The van der Waals surface area contributed by atoms with Crippen LogP contribution in [0.1, 0.15) is 0 Å². The van der Waals surface area contributed by atoms with Gasteiger partial charge in [-0.3, -0.25) is 10.1 Å². The molecule has 1 aliphatic rings. The van der Waals surface area contributed by atoms with Crippen LogP contribution < -0.4 is 10.7 Å². The van der Waals surface area contributed by atoms with Crippen LogP contribution in [0.2, 0.25) is 0 Å². The number of aromatic nitrogens is 2. The Kier molecular flexibility index (Phi) is 2.51. The van der Waals surface area contributed by atoms with E-state index in [1.165, 1.54) is 0 Å². The molecule has 0 saturated carbocycles. The maximum atomic E-state index is 11.1. The Morgan fingerprint density at radius 2 is 1.74 bits per heavy atom. The summed E-state index contributed by atoms with van der Waals surface area (Å²) in [7, 11) is 0. The Balaban J connectivity index is 2.56. The zero-order chi connectivity index (χ0) is 13.9. The van der Waals surface area contributed by atoms with Crippen LogP contribution >= 0.6 is 31.9 Å². The van der Waals surface area contributed by atoms with Crippen LogP contribution in [-0.4, -0.2) is 25.1 Å². The van der Waals surface area contributed by atoms with Gasteiger partial charge in [0.25, 0.3) is 0 Å². The van der Waals surface area contributed by atoms with Gasteiger partial charge in [0, 0.05) is 4.47 Å². The monoisotopic (exact) mass is 387 g/mol. The van der Waals surface area contributed by atoms with Crippen molar-refractivity contribution < 1.29 is 15.1 Å². The fourth-order valence-electron chi connectivity index (χ4n) is 1.78. The quantitative estimate of drug-likeness (QED) is 0.564. The predicted octanol–water partition coefficient (Wildman–Crippen LogP) is 1.41. The molecule has 0 bridgehead atoms. The zero-order valence-corrected chi connectivity index (χ0v) is 12.1. The van der Waals surface area contributed by atoms with Crippen molar-refractivity contribution in [2.45, 2.75) is 0 Å². The summed E-state index contributed by atoms with van der Waals surface area (Å²) in [6.45, 7) is 0. The second kappa shape index (κ2) is 3.87. The number of hydrogen-bond donors (Lipinski definition) is 2. The lowest BCUT2D eigenvalue weighted by Gasteiger charge is -2.09. The van der Waals surface area contributed by atoms with Gasteiger partial charge in [-0.05, 0) is 37.9 Å². The average molecular weight is 389 g/mol. The van der Waals surface area contributed by atoms with Crippen molar-refractivity contribution in [3.8, 4) is 0 Å². The van der Waals surface area contributed by atoms with E-state index in [9.17, 15) is 20.3 Å². The Morgan fingerprint density at radius 3 is 2.32 bits per heavy atom.